The lowest BCUT2D eigenvalue weighted by Crippen LogP contribution is -2.30. The number of para-hydroxylation sites is 2. The molecule has 1 atom stereocenters. The van der Waals surface area contributed by atoms with Crippen LogP contribution in [0.4, 0.5) is 0 Å². The highest BCUT2D eigenvalue weighted by atomic mass is 16.3. The Morgan fingerprint density at radius 2 is 1.79 bits per heavy atom. The molecule has 2 heterocycles. The summed E-state index contributed by atoms with van der Waals surface area (Å²) in [7, 11) is 0. The van der Waals surface area contributed by atoms with Crippen molar-refractivity contribution in [1.82, 2.24) is 14.9 Å². The molecule has 1 aliphatic rings. The van der Waals surface area contributed by atoms with Gasteiger partial charge in [-0.05, 0) is 43.5 Å². The van der Waals surface area contributed by atoms with Crippen molar-refractivity contribution in [2.45, 2.75) is 31.4 Å². The number of aromatic nitrogens is 2. The number of rotatable bonds is 3. The maximum absolute atomic E-state index is 11.2. The Labute approximate surface area is 142 Å². The number of imidazole rings is 1. The molecule has 1 saturated heterocycles. The van der Waals surface area contributed by atoms with E-state index in [2.05, 4.69) is 39.1 Å². The average molecular weight is 321 g/mol. The molecule has 0 radical (unpaired) electrons. The number of likely N-dealkylation sites (tertiary alicyclic amines) is 1. The molecular formula is C20H23N3O. The summed E-state index contributed by atoms with van der Waals surface area (Å²) in [6.45, 7) is 2.83. The van der Waals surface area contributed by atoms with E-state index >= 15 is 0 Å². The van der Waals surface area contributed by atoms with E-state index in [9.17, 15) is 5.11 Å². The first-order valence-corrected chi connectivity index (χ1v) is 8.67. The summed E-state index contributed by atoms with van der Waals surface area (Å²) in [5.41, 5.74) is 2.38. The number of nitrogens with zero attached hydrogens (tertiary/aromatic N) is 2. The van der Waals surface area contributed by atoms with Crippen LogP contribution in [-0.4, -0.2) is 33.1 Å². The Hall–Kier alpha value is -2.17. The number of nitrogens with one attached hydrogen (secondary N) is 1. The Kier molecular flexibility index (Phi) is 4.08. The van der Waals surface area contributed by atoms with Crippen molar-refractivity contribution in [3.63, 3.8) is 0 Å². The molecule has 0 aliphatic carbocycles. The van der Waals surface area contributed by atoms with E-state index in [4.69, 9.17) is 0 Å². The van der Waals surface area contributed by atoms with Gasteiger partial charge in [0.05, 0.1) is 11.0 Å². The lowest BCUT2D eigenvalue weighted by atomic mass is 9.94. The van der Waals surface area contributed by atoms with Gasteiger partial charge in [0, 0.05) is 13.1 Å². The minimum absolute atomic E-state index is 0.708. The van der Waals surface area contributed by atoms with E-state index in [1.807, 2.05) is 30.3 Å². The van der Waals surface area contributed by atoms with Crippen LogP contribution < -0.4 is 0 Å². The third kappa shape index (κ3) is 3.07. The summed E-state index contributed by atoms with van der Waals surface area (Å²) >= 11 is 0. The molecule has 0 spiro atoms. The van der Waals surface area contributed by atoms with Gasteiger partial charge in [-0.3, -0.25) is 4.90 Å². The molecule has 24 heavy (non-hydrogen) atoms. The molecule has 1 aliphatic heterocycles. The van der Waals surface area contributed by atoms with Crippen LogP contribution in [-0.2, 0) is 12.1 Å². The summed E-state index contributed by atoms with van der Waals surface area (Å²) < 4.78 is 0. The van der Waals surface area contributed by atoms with Gasteiger partial charge in [-0.25, -0.2) is 4.98 Å². The maximum Gasteiger partial charge on any atom is 0.139 e. The van der Waals surface area contributed by atoms with Gasteiger partial charge in [0.1, 0.15) is 11.4 Å². The molecule has 124 valence electrons. The van der Waals surface area contributed by atoms with Crippen molar-refractivity contribution >= 4 is 11.0 Å². The topological polar surface area (TPSA) is 52.2 Å². The fraction of sp³-hybridized carbons (Fsp3) is 0.350. The Bertz CT molecular complexity index is 781. The normalized spacial score (nSPS) is 22.5. The molecule has 1 unspecified atom stereocenters. The number of hydrogen-bond acceptors (Lipinski definition) is 3. The van der Waals surface area contributed by atoms with Crippen molar-refractivity contribution in [1.29, 1.82) is 0 Å². The molecule has 0 amide bonds. The predicted octanol–water partition coefficient (Wildman–Crippen LogP) is 3.44. The van der Waals surface area contributed by atoms with Gasteiger partial charge in [0.25, 0.3) is 0 Å². The van der Waals surface area contributed by atoms with E-state index in [-0.39, 0.29) is 0 Å². The number of aromatic amines is 1. The lowest BCUT2D eigenvalue weighted by molar-refractivity contribution is 0.0133. The third-order valence-corrected chi connectivity index (χ3v) is 4.99. The van der Waals surface area contributed by atoms with Gasteiger partial charge in [0.15, 0.2) is 0 Å². The van der Waals surface area contributed by atoms with E-state index in [0.717, 1.165) is 43.5 Å². The van der Waals surface area contributed by atoms with Crippen molar-refractivity contribution in [2.24, 2.45) is 0 Å². The quantitative estimate of drug-likeness (QED) is 0.777. The summed E-state index contributed by atoms with van der Waals surface area (Å²) in [4.78, 5) is 10.4. The molecule has 4 nitrogen and oxygen atoms in total. The first-order chi connectivity index (χ1) is 11.7. The van der Waals surface area contributed by atoms with Crippen LogP contribution in [0.15, 0.2) is 54.6 Å². The van der Waals surface area contributed by atoms with Crippen molar-refractivity contribution in [3.05, 3.63) is 66.0 Å². The SMILES string of the molecule is OC1(c2nc3ccccc3[nH]2)CCCN(Cc2ccccc2)CC1. The number of hydrogen-bond donors (Lipinski definition) is 2. The summed E-state index contributed by atoms with van der Waals surface area (Å²) in [6.07, 6.45) is 2.43. The first-order valence-electron chi connectivity index (χ1n) is 8.67. The zero-order valence-corrected chi connectivity index (χ0v) is 13.8. The Morgan fingerprint density at radius 1 is 1.00 bits per heavy atom. The fourth-order valence-corrected chi connectivity index (χ4v) is 3.58. The smallest absolute Gasteiger partial charge is 0.139 e. The second-order valence-electron chi connectivity index (χ2n) is 6.75. The Morgan fingerprint density at radius 3 is 2.62 bits per heavy atom. The molecule has 0 saturated carbocycles. The Balaban J connectivity index is 1.50. The highest BCUT2D eigenvalue weighted by Gasteiger charge is 2.34. The summed E-state index contributed by atoms with van der Waals surface area (Å²) in [6, 6.07) is 18.5. The van der Waals surface area contributed by atoms with E-state index in [1.54, 1.807) is 0 Å². The minimum Gasteiger partial charge on any atom is -0.382 e. The third-order valence-electron chi connectivity index (χ3n) is 4.99. The minimum atomic E-state index is -0.857. The molecule has 2 aromatic carbocycles. The second-order valence-corrected chi connectivity index (χ2v) is 6.75. The molecule has 1 aromatic heterocycles. The van der Waals surface area contributed by atoms with Gasteiger partial charge in [-0.2, -0.15) is 0 Å². The molecule has 4 rings (SSSR count). The maximum atomic E-state index is 11.2. The van der Waals surface area contributed by atoms with Crippen LogP contribution in [0.3, 0.4) is 0 Å². The molecule has 4 heteroatoms. The summed E-state index contributed by atoms with van der Waals surface area (Å²) in [5.74, 6) is 0.713. The average Bonchev–Trinajstić information content (AvgIpc) is 2.97. The zero-order chi connectivity index (χ0) is 16.4. The van der Waals surface area contributed by atoms with Crippen LogP contribution in [0, 0.1) is 0 Å². The number of fused-ring (bicyclic) bond motifs is 1. The van der Waals surface area contributed by atoms with Crippen molar-refractivity contribution in [3.8, 4) is 0 Å². The van der Waals surface area contributed by atoms with Crippen LogP contribution in [0.2, 0.25) is 0 Å². The van der Waals surface area contributed by atoms with Crippen LogP contribution in [0.25, 0.3) is 11.0 Å². The lowest BCUT2D eigenvalue weighted by Gasteiger charge is -2.25. The molecule has 1 fully saturated rings. The van der Waals surface area contributed by atoms with Gasteiger partial charge in [-0.1, -0.05) is 42.5 Å². The van der Waals surface area contributed by atoms with Gasteiger partial charge in [-0.15, -0.1) is 0 Å². The van der Waals surface area contributed by atoms with E-state index in [0.29, 0.717) is 12.2 Å². The van der Waals surface area contributed by atoms with Crippen LogP contribution in [0.5, 0.6) is 0 Å². The van der Waals surface area contributed by atoms with Gasteiger partial charge >= 0.3 is 0 Å². The number of H-pyrrole nitrogens is 1. The van der Waals surface area contributed by atoms with E-state index < -0.39 is 5.60 Å². The predicted molar refractivity (Wildman–Crippen MR) is 95.6 cm³/mol. The first kappa shape index (κ1) is 15.4. The highest BCUT2D eigenvalue weighted by molar-refractivity contribution is 5.74. The van der Waals surface area contributed by atoms with Gasteiger partial charge in [0.2, 0.25) is 0 Å². The summed E-state index contributed by atoms with van der Waals surface area (Å²) in [5, 5.41) is 11.2. The molecule has 3 aromatic rings. The molecule has 2 N–H and O–H groups in total. The molecule has 0 bridgehead atoms. The second kappa shape index (κ2) is 6.38. The fourth-order valence-electron chi connectivity index (χ4n) is 3.58. The zero-order valence-electron chi connectivity index (χ0n) is 13.8. The van der Waals surface area contributed by atoms with Crippen LogP contribution >= 0.6 is 0 Å². The van der Waals surface area contributed by atoms with Gasteiger partial charge < -0.3 is 10.1 Å². The highest BCUT2D eigenvalue weighted by Crippen LogP contribution is 2.32. The van der Waals surface area contributed by atoms with Crippen molar-refractivity contribution < 1.29 is 5.11 Å². The van der Waals surface area contributed by atoms with Crippen molar-refractivity contribution in [2.75, 3.05) is 13.1 Å². The van der Waals surface area contributed by atoms with Crippen LogP contribution in [0.1, 0.15) is 30.7 Å². The van der Waals surface area contributed by atoms with E-state index in [1.165, 1.54) is 5.56 Å². The number of aliphatic hydroxyl groups is 1. The standard InChI is InChI=1S/C20H23N3O/c24-20(19-21-17-9-4-5-10-18(17)22-19)11-6-13-23(14-12-20)15-16-7-2-1-3-8-16/h1-5,7-10,24H,6,11-15H2,(H,21,22). The molecular weight excluding hydrogens is 298 g/mol. The number of benzene rings is 2. The largest absolute Gasteiger partial charge is 0.382 e. The monoisotopic (exact) mass is 321 g/mol.